The minimum absolute atomic E-state index is 0.0488. The number of thioether (sulfide) groups is 1. The first-order chi connectivity index (χ1) is 19.8. The molecule has 2 heterocycles. The van der Waals surface area contributed by atoms with E-state index >= 15 is 0 Å². The van der Waals surface area contributed by atoms with Crippen LogP contribution in [-0.4, -0.2) is 34.4 Å². The highest BCUT2D eigenvalue weighted by Crippen LogP contribution is 2.41. The van der Waals surface area contributed by atoms with Gasteiger partial charge in [0.05, 0.1) is 39.9 Å². The number of nitrogens with zero attached hydrogens (tertiary/aromatic N) is 2. The Bertz CT molecular complexity index is 1720. The number of hydrogen-bond donors (Lipinski definition) is 1. The summed E-state index contributed by atoms with van der Waals surface area (Å²) in [6.07, 6.45) is 4.79. The van der Waals surface area contributed by atoms with Crippen LogP contribution in [0.5, 0.6) is 5.75 Å². The second kappa shape index (κ2) is 12.5. The minimum Gasteiger partial charge on any atom is -0.506 e. The van der Waals surface area contributed by atoms with Crippen molar-refractivity contribution < 1.29 is 19.4 Å². The van der Waals surface area contributed by atoms with Crippen LogP contribution >= 0.6 is 35.0 Å². The van der Waals surface area contributed by atoms with Gasteiger partial charge in [-0.15, -0.1) is 0 Å². The van der Waals surface area contributed by atoms with E-state index in [9.17, 15) is 9.90 Å². The fourth-order valence-corrected chi connectivity index (χ4v) is 6.08. The molecule has 0 unspecified atom stereocenters. The smallest absolute Gasteiger partial charge is 0.344 e. The lowest BCUT2D eigenvalue weighted by atomic mass is 10.1. The van der Waals surface area contributed by atoms with Crippen LogP contribution in [0.2, 0.25) is 10.0 Å². The number of carbonyl (C=O) groups excluding carboxylic acids is 1. The van der Waals surface area contributed by atoms with E-state index < -0.39 is 5.97 Å². The average molecular weight is 608 g/mol. The Morgan fingerprint density at radius 1 is 1.07 bits per heavy atom. The minimum atomic E-state index is -0.622. The third-order valence-corrected chi connectivity index (χ3v) is 8.45. The van der Waals surface area contributed by atoms with Crippen molar-refractivity contribution in [1.29, 1.82) is 0 Å². The van der Waals surface area contributed by atoms with Crippen LogP contribution in [0.3, 0.4) is 0 Å². The second-order valence-corrected chi connectivity index (χ2v) is 11.1. The van der Waals surface area contributed by atoms with Crippen molar-refractivity contribution in [2.24, 2.45) is 4.99 Å². The molecular formula is C32H28Cl2N2O4S. The summed E-state index contributed by atoms with van der Waals surface area (Å²) in [7, 11) is 1.59. The molecule has 0 spiro atoms. The van der Waals surface area contributed by atoms with E-state index in [2.05, 4.69) is 34.8 Å². The van der Waals surface area contributed by atoms with E-state index in [0.717, 1.165) is 28.5 Å². The number of aryl methyl sites for hydroxylation is 1. The zero-order valence-electron chi connectivity index (χ0n) is 22.8. The van der Waals surface area contributed by atoms with Crippen LogP contribution in [0, 0.1) is 0 Å². The third-order valence-electron chi connectivity index (χ3n) is 6.69. The third kappa shape index (κ3) is 6.03. The molecule has 1 aromatic heterocycles. The van der Waals surface area contributed by atoms with Crippen molar-refractivity contribution in [2.45, 2.75) is 26.8 Å². The fourth-order valence-electron chi connectivity index (χ4n) is 4.73. The normalized spacial score (nSPS) is 15.3. The van der Waals surface area contributed by atoms with Crippen LogP contribution in [0.25, 0.3) is 17.0 Å². The van der Waals surface area contributed by atoms with Crippen LogP contribution in [0.1, 0.15) is 30.5 Å². The summed E-state index contributed by atoms with van der Waals surface area (Å²) in [6.45, 7) is 4.61. The van der Waals surface area contributed by atoms with Gasteiger partial charge in [-0.05, 0) is 66.9 Å². The van der Waals surface area contributed by atoms with Crippen LogP contribution in [-0.2, 0) is 22.5 Å². The summed E-state index contributed by atoms with van der Waals surface area (Å²) in [5, 5.41) is 13.7. The number of fused-ring (bicyclic) bond motifs is 1. The summed E-state index contributed by atoms with van der Waals surface area (Å²) in [6, 6.07) is 19.0. The van der Waals surface area contributed by atoms with Gasteiger partial charge in [-0.1, -0.05) is 66.2 Å². The molecule has 0 amide bonds. The Balaban J connectivity index is 1.60. The lowest BCUT2D eigenvalue weighted by molar-refractivity contribution is -0.138. The molecule has 210 valence electrons. The van der Waals surface area contributed by atoms with E-state index in [4.69, 9.17) is 32.7 Å². The maximum atomic E-state index is 12.9. The zero-order valence-corrected chi connectivity index (χ0v) is 25.1. The number of halogens is 2. The first kappa shape index (κ1) is 28.9. The van der Waals surface area contributed by atoms with Gasteiger partial charge in [0.15, 0.2) is 0 Å². The maximum absolute atomic E-state index is 12.9. The number of rotatable bonds is 8. The number of esters is 1. The van der Waals surface area contributed by atoms with Crippen LogP contribution in [0.4, 0.5) is 5.69 Å². The quantitative estimate of drug-likeness (QED) is 0.203. The maximum Gasteiger partial charge on any atom is 0.344 e. The summed E-state index contributed by atoms with van der Waals surface area (Å²) < 4.78 is 12.7. The van der Waals surface area contributed by atoms with E-state index in [0.29, 0.717) is 38.0 Å². The molecule has 0 atom stereocenters. The molecule has 0 bridgehead atoms. The van der Waals surface area contributed by atoms with Crippen molar-refractivity contribution >= 4 is 68.6 Å². The average Bonchev–Trinajstić information content (AvgIpc) is 3.47. The Morgan fingerprint density at radius 3 is 2.54 bits per heavy atom. The lowest BCUT2D eigenvalue weighted by Crippen LogP contribution is -2.12. The fraction of sp³-hybridized carbons (Fsp3) is 0.188. The number of aliphatic imine (C=N–C) groups is 1. The molecule has 1 aliphatic heterocycles. The molecule has 1 aliphatic rings. The molecule has 1 N–H and O–H groups in total. The number of para-hydroxylation sites is 1. The topological polar surface area (TPSA) is 73.0 Å². The van der Waals surface area contributed by atoms with Gasteiger partial charge < -0.3 is 19.1 Å². The van der Waals surface area contributed by atoms with E-state index in [1.807, 2.05) is 24.3 Å². The SMILES string of the molecule is CCOC(=O)C1=C(O)/C(=C/c2cn(Cc3ccc(Cl)c(Cl)c3)c3c(CC)cccc23)SC1=Nc1ccc(OC)cc1. The van der Waals surface area contributed by atoms with Gasteiger partial charge in [-0.25, -0.2) is 9.79 Å². The van der Waals surface area contributed by atoms with Gasteiger partial charge in [0.25, 0.3) is 0 Å². The van der Waals surface area contributed by atoms with Gasteiger partial charge in [-0.3, -0.25) is 0 Å². The summed E-state index contributed by atoms with van der Waals surface area (Å²) in [4.78, 5) is 18.1. The Kier molecular flexibility index (Phi) is 8.78. The molecule has 5 rings (SSSR count). The molecule has 41 heavy (non-hydrogen) atoms. The molecule has 9 heteroatoms. The summed E-state index contributed by atoms with van der Waals surface area (Å²) in [5.74, 6) is -0.0810. The number of benzene rings is 3. The molecule has 0 saturated carbocycles. The number of ether oxygens (including phenoxy) is 2. The molecule has 4 aromatic rings. The van der Waals surface area contributed by atoms with Crippen LogP contribution < -0.4 is 4.74 Å². The largest absolute Gasteiger partial charge is 0.506 e. The Labute approximate surface area is 252 Å². The Hall–Kier alpha value is -3.65. The van der Waals surface area contributed by atoms with Gasteiger partial charge in [0, 0.05) is 23.7 Å². The molecule has 0 aliphatic carbocycles. The number of carbonyl (C=O) groups is 1. The predicted molar refractivity (Wildman–Crippen MR) is 169 cm³/mol. The molecule has 0 fully saturated rings. The Morgan fingerprint density at radius 2 is 1.85 bits per heavy atom. The molecule has 6 nitrogen and oxygen atoms in total. The highest BCUT2D eigenvalue weighted by atomic mass is 35.5. The summed E-state index contributed by atoms with van der Waals surface area (Å²) in [5.41, 5.74) is 4.87. The standard InChI is InChI=1S/C32H28Cl2N2O4S/c1-4-20-7-6-8-24-21(18-36(29(20)24)17-19-9-14-25(33)26(34)15-19)16-27-30(37)28(32(38)40-5-2)31(41-27)35-22-10-12-23(39-3)13-11-22/h6-16,18,37H,4-5,17H2,1-3H3/b27-16-,35-31?. The molecule has 3 aromatic carbocycles. The summed E-state index contributed by atoms with van der Waals surface area (Å²) >= 11 is 13.7. The van der Waals surface area contributed by atoms with E-state index in [-0.39, 0.29) is 17.9 Å². The second-order valence-electron chi connectivity index (χ2n) is 9.30. The van der Waals surface area contributed by atoms with Crippen molar-refractivity contribution in [3.63, 3.8) is 0 Å². The van der Waals surface area contributed by atoms with Crippen molar-refractivity contribution in [3.05, 3.63) is 110 Å². The van der Waals surface area contributed by atoms with Gasteiger partial charge in [0.1, 0.15) is 22.1 Å². The lowest BCUT2D eigenvalue weighted by Gasteiger charge is -2.09. The monoisotopic (exact) mass is 606 g/mol. The number of aliphatic hydroxyl groups excluding tert-OH is 1. The number of aliphatic hydroxyl groups is 1. The highest BCUT2D eigenvalue weighted by Gasteiger charge is 2.33. The molecule has 0 radical (unpaired) electrons. The number of aromatic nitrogens is 1. The molecular weight excluding hydrogens is 579 g/mol. The van der Waals surface area contributed by atoms with Crippen molar-refractivity contribution in [1.82, 2.24) is 4.57 Å². The predicted octanol–water partition coefficient (Wildman–Crippen LogP) is 8.76. The van der Waals surface area contributed by atoms with Gasteiger partial charge in [0.2, 0.25) is 0 Å². The van der Waals surface area contributed by atoms with Crippen molar-refractivity contribution in [2.75, 3.05) is 13.7 Å². The highest BCUT2D eigenvalue weighted by molar-refractivity contribution is 8.18. The van der Waals surface area contributed by atoms with E-state index in [1.165, 1.54) is 17.3 Å². The van der Waals surface area contributed by atoms with Gasteiger partial charge in [-0.2, -0.15) is 0 Å². The van der Waals surface area contributed by atoms with Crippen LogP contribution in [0.15, 0.2) is 88.1 Å². The van der Waals surface area contributed by atoms with E-state index in [1.54, 1.807) is 44.4 Å². The van der Waals surface area contributed by atoms with Gasteiger partial charge >= 0.3 is 5.97 Å². The zero-order chi connectivity index (χ0) is 29.1. The number of methoxy groups -OCH3 is 1. The molecule has 0 saturated heterocycles. The first-order valence-corrected chi connectivity index (χ1v) is 14.7. The first-order valence-electron chi connectivity index (χ1n) is 13.1. The van der Waals surface area contributed by atoms with Crippen molar-refractivity contribution in [3.8, 4) is 5.75 Å². The number of hydrogen-bond acceptors (Lipinski definition) is 6.